The zero-order chi connectivity index (χ0) is 18.2. The number of carbonyl (C=O) groups excluding carboxylic acids is 1. The molecule has 1 aromatic heterocycles. The topological polar surface area (TPSA) is 75.5 Å². The minimum atomic E-state index is -3.76. The first kappa shape index (κ1) is 17.6. The van der Waals surface area contributed by atoms with E-state index in [4.69, 9.17) is 0 Å². The lowest BCUT2D eigenvalue weighted by Crippen LogP contribution is -2.50. The number of aryl methyl sites for hydroxylation is 1. The lowest BCUT2D eigenvalue weighted by atomic mass is 10.2. The van der Waals surface area contributed by atoms with Gasteiger partial charge in [-0.3, -0.25) is 9.48 Å². The van der Waals surface area contributed by atoms with Gasteiger partial charge in [0, 0.05) is 38.9 Å². The van der Waals surface area contributed by atoms with Crippen molar-refractivity contribution in [1.29, 1.82) is 0 Å². The van der Waals surface area contributed by atoms with E-state index in [1.54, 1.807) is 16.6 Å². The molecule has 9 heteroatoms. The minimum absolute atomic E-state index is 0.0737. The van der Waals surface area contributed by atoms with E-state index in [9.17, 15) is 17.6 Å². The number of nitrogens with zero attached hydrogens (tertiary/aromatic N) is 4. The van der Waals surface area contributed by atoms with E-state index >= 15 is 0 Å². The van der Waals surface area contributed by atoms with Crippen LogP contribution >= 0.6 is 0 Å². The molecule has 25 heavy (non-hydrogen) atoms. The predicted octanol–water partition coefficient (Wildman–Crippen LogP) is 1.01. The summed E-state index contributed by atoms with van der Waals surface area (Å²) in [4.78, 5) is 14.1. The molecule has 1 saturated heterocycles. The van der Waals surface area contributed by atoms with Crippen LogP contribution in [0.3, 0.4) is 0 Å². The number of aromatic nitrogens is 2. The van der Waals surface area contributed by atoms with Crippen LogP contribution in [0.5, 0.6) is 0 Å². The fourth-order valence-corrected chi connectivity index (χ4v) is 4.24. The van der Waals surface area contributed by atoms with Crippen molar-refractivity contribution in [3.05, 3.63) is 47.5 Å². The number of halogens is 1. The van der Waals surface area contributed by atoms with E-state index in [0.29, 0.717) is 5.56 Å². The van der Waals surface area contributed by atoms with Crippen LogP contribution < -0.4 is 0 Å². The van der Waals surface area contributed by atoms with E-state index in [1.807, 2.05) is 6.92 Å². The first-order valence-electron chi connectivity index (χ1n) is 7.84. The number of carbonyl (C=O) groups is 1. The van der Waals surface area contributed by atoms with Crippen molar-refractivity contribution >= 4 is 15.9 Å². The van der Waals surface area contributed by atoms with Crippen LogP contribution in [0.15, 0.2) is 35.4 Å². The highest BCUT2D eigenvalue weighted by atomic mass is 32.2. The van der Waals surface area contributed by atoms with Crippen LogP contribution in [-0.4, -0.2) is 59.5 Å². The van der Waals surface area contributed by atoms with Gasteiger partial charge in [-0.1, -0.05) is 6.07 Å². The Bertz CT molecular complexity index is 902. The van der Waals surface area contributed by atoms with Crippen molar-refractivity contribution in [3.63, 3.8) is 0 Å². The maximum Gasteiger partial charge on any atom is 0.257 e. The number of hydrogen-bond acceptors (Lipinski definition) is 4. The summed E-state index contributed by atoms with van der Waals surface area (Å²) in [6, 6.07) is 4.94. The molecule has 2 heterocycles. The molecule has 1 fully saturated rings. The minimum Gasteiger partial charge on any atom is -0.336 e. The molecular formula is C16H19FN4O3S. The van der Waals surface area contributed by atoms with Crippen molar-refractivity contribution in [2.75, 3.05) is 26.2 Å². The molecule has 0 spiro atoms. The lowest BCUT2D eigenvalue weighted by molar-refractivity contribution is 0.0697. The standard InChI is InChI=1S/C16H19FN4O3S/c1-12-15(11-18-19(12)2)16(22)20-6-8-21(9-7-20)25(23,24)14-5-3-4-13(17)10-14/h3-5,10-11H,6-9H2,1-2H3. The molecule has 1 aromatic carbocycles. The first-order chi connectivity index (χ1) is 11.8. The molecule has 0 unspecified atom stereocenters. The fourth-order valence-electron chi connectivity index (χ4n) is 2.79. The Morgan fingerprint density at radius 2 is 1.88 bits per heavy atom. The van der Waals surface area contributed by atoms with Crippen molar-refractivity contribution in [2.24, 2.45) is 7.05 Å². The molecule has 0 saturated carbocycles. The van der Waals surface area contributed by atoms with Gasteiger partial charge in [0.1, 0.15) is 5.82 Å². The smallest absolute Gasteiger partial charge is 0.257 e. The van der Waals surface area contributed by atoms with E-state index in [-0.39, 0.29) is 37.0 Å². The average molecular weight is 366 g/mol. The third-order valence-corrected chi connectivity index (χ3v) is 6.32. The Kier molecular flexibility index (Phi) is 4.61. The molecule has 0 atom stereocenters. The van der Waals surface area contributed by atoms with Crippen molar-refractivity contribution in [2.45, 2.75) is 11.8 Å². The first-order valence-corrected chi connectivity index (χ1v) is 9.28. The third-order valence-electron chi connectivity index (χ3n) is 4.43. The summed E-state index contributed by atoms with van der Waals surface area (Å²) in [6.07, 6.45) is 1.52. The molecular weight excluding hydrogens is 347 g/mol. The molecule has 0 bridgehead atoms. The number of rotatable bonds is 3. The van der Waals surface area contributed by atoms with Gasteiger partial charge in [-0.05, 0) is 25.1 Å². The number of sulfonamides is 1. The molecule has 1 amide bonds. The summed E-state index contributed by atoms with van der Waals surface area (Å²) in [7, 11) is -2.00. The van der Waals surface area contributed by atoms with Gasteiger partial charge in [0.05, 0.1) is 16.7 Å². The summed E-state index contributed by atoms with van der Waals surface area (Å²) in [6.45, 7) is 2.71. The summed E-state index contributed by atoms with van der Waals surface area (Å²) in [5.74, 6) is -0.754. The van der Waals surface area contributed by atoms with E-state index < -0.39 is 15.8 Å². The average Bonchev–Trinajstić information content (AvgIpc) is 2.93. The summed E-state index contributed by atoms with van der Waals surface area (Å²) >= 11 is 0. The number of amides is 1. The quantitative estimate of drug-likeness (QED) is 0.813. The molecule has 0 N–H and O–H groups in total. The van der Waals surface area contributed by atoms with Gasteiger partial charge in [0.15, 0.2) is 0 Å². The van der Waals surface area contributed by atoms with Crippen LogP contribution in [0, 0.1) is 12.7 Å². The van der Waals surface area contributed by atoms with Crippen LogP contribution in [-0.2, 0) is 17.1 Å². The van der Waals surface area contributed by atoms with Gasteiger partial charge in [0.2, 0.25) is 10.0 Å². The van der Waals surface area contributed by atoms with Crippen LogP contribution in [0.2, 0.25) is 0 Å². The maximum absolute atomic E-state index is 13.3. The van der Waals surface area contributed by atoms with Crippen LogP contribution in [0.25, 0.3) is 0 Å². The molecule has 1 aliphatic heterocycles. The van der Waals surface area contributed by atoms with E-state index in [1.165, 1.54) is 28.7 Å². The number of benzene rings is 1. The van der Waals surface area contributed by atoms with Crippen molar-refractivity contribution in [3.8, 4) is 0 Å². The molecule has 0 radical (unpaired) electrons. The molecule has 7 nitrogen and oxygen atoms in total. The number of piperazine rings is 1. The molecule has 1 aliphatic rings. The zero-order valence-electron chi connectivity index (χ0n) is 14.0. The van der Waals surface area contributed by atoms with Crippen LogP contribution in [0.1, 0.15) is 16.1 Å². The van der Waals surface area contributed by atoms with Crippen LogP contribution in [0.4, 0.5) is 4.39 Å². The highest BCUT2D eigenvalue weighted by Gasteiger charge is 2.31. The van der Waals surface area contributed by atoms with Gasteiger partial charge in [-0.15, -0.1) is 0 Å². The monoisotopic (exact) mass is 366 g/mol. The van der Waals surface area contributed by atoms with Gasteiger partial charge < -0.3 is 4.90 Å². The second-order valence-corrected chi connectivity index (χ2v) is 7.86. The van der Waals surface area contributed by atoms with Gasteiger partial charge in [-0.2, -0.15) is 9.40 Å². The fraction of sp³-hybridized carbons (Fsp3) is 0.375. The Morgan fingerprint density at radius 1 is 1.20 bits per heavy atom. The molecule has 2 aromatic rings. The third kappa shape index (κ3) is 3.29. The van der Waals surface area contributed by atoms with Gasteiger partial charge in [0.25, 0.3) is 5.91 Å². The predicted molar refractivity (Wildman–Crippen MR) is 89.0 cm³/mol. The largest absolute Gasteiger partial charge is 0.336 e. The zero-order valence-corrected chi connectivity index (χ0v) is 14.8. The molecule has 3 rings (SSSR count). The van der Waals surface area contributed by atoms with Gasteiger partial charge >= 0.3 is 0 Å². The highest BCUT2D eigenvalue weighted by Crippen LogP contribution is 2.19. The summed E-state index contributed by atoms with van der Waals surface area (Å²) in [5, 5.41) is 4.06. The Hall–Kier alpha value is -2.26. The second kappa shape index (κ2) is 6.57. The van der Waals surface area contributed by atoms with E-state index in [2.05, 4.69) is 5.10 Å². The van der Waals surface area contributed by atoms with E-state index in [0.717, 1.165) is 11.8 Å². The van der Waals surface area contributed by atoms with Crippen molar-refractivity contribution in [1.82, 2.24) is 19.0 Å². The lowest BCUT2D eigenvalue weighted by Gasteiger charge is -2.34. The Balaban J connectivity index is 1.71. The second-order valence-electron chi connectivity index (χ2n) is 5.92. The van der Waals surface area contributed by atoms with Gasteiger partial charge in [-0.25, -0.2) is 12.8 Å². The Morgan fingerprint density at radius 3 is 2.44 bits per heavy atom. The SMILES string of the molecule is Cc1c(C(=O)N2CCN(S(=O)(=O)c3cccc(F)c3)CC2)cnn1C. The normalized spacial score (nSPS) is 16.2. The highest BCUT2D eigenvalue weighted by molar-refractivity contribution is 7.89. The Labute approximate surface area is 145 Å². The number of hydrogen-bond donors (Lipinski definition) is 0. The molecule has 0 aliphatic carbocycles. The summed E-state index contributed by atoms with van der Waals surface area (Å²) < 4.78 is 41.4. The molecule has 134 valence electrons. The maximum atomic E-state index is 13.3. The van der Waals surface area contributed by atoms with Crippen molar-refractivity contribution < 1.29 is 17.6 Å². The summed E-state index contributed by atoms with van der Waals surface area (Å²) in [5.41, 5.74) is 1.28.